The summed E-state index contributed by atoms with van der Waals surface area (Å²) in [4.78, 5) is 18.4. The highest BCUT2D eigenvalue weighted by Crippen LogP contribution is 2.32. The topological polar surface area (TPSA) is 34.4 Å². The molecule has 0 spiro atoms. The molecule has 1 aliphatic carbocycles. The highest BCUT2D eigenvalue weighted by molar-refractivity contribution is 7.09. The third-order valence-electron chi connectivity index (χ3n) is 4.49. The van der Waals surface area contributed by atoms with Crippen LogP contribution in [0.25, 0.3) is 0 Å². The van der Waals surface area contributed by atoms with Gasteiger partial charge >= 0.3 is 6.18 Å². The molecule has 26 heavy (non-hydrogen) atoms. The van der Waals surface area contributed by atoms with Gasteiger partial charge in [0.2, 0.25) is 0 Å². The quantitative estimate of drug-likeness (QED) is 0.720. The first-order valence-electron chi connectivity index (χ1n) is 8.63. The molecule has 0 unspecified atom stereocenters. The molecule has 0 atom stereocenters. The lowest BCUT2D eigenvalue weighted by Crippen LogP contribution is -2.19. The van der Waals surface area contributed by atoms with Crippen molar-refractivity contribution in [3.05, 3.63) is 50.8 Å². The van der Waals surface area contributed by atoms with Crippen molar-refractivity contribution >= 4 is 17.2 Å². The molecule has 7 heteroatoms. The maximum absolute atomic E-state index is 12.9. The lowest BCUT2D eigenvalue weighted by Gasteiger charge is -2.08. The minimum Gasteiger partial charge on any atom is -0.320 e. The number of carbonyl (C=O) groups excluding carboxylic acids is 1. The molecule has 2 aromatic rings. The molecule has 3 rings (SSSR count). The Labute approximate surface area is 154 Å². The number of hydrogen-bond acceptors (Lipinski definition) is 2. The molecule has 0 radical (unpaired) electrons. The molecular weight excluding hydrogens is 361 g/mol. The van der Waals surface area contributed by atoms with Crippen LogP contribution in [-0.2, 0) is 12.7 Å². The van der Waals surface area contributed by atoms with E-state index in [-0.39, 0.29) is 5.56 Å². The zero-order chi connectivity index (χ0) is 19.1. The van der Waals surface area contributed by atoms with Crippen LogP contribution in [0.1, 0.15) is 59.1 Å². The van der Waals surface area contributed by atoms with Gasteiger partial charge in [-0.05, 0) is 49.8 Å². The number of hydrogen-bond donors (Lipinski definition) is 0. The van der Waals surface area contributed by atoms with E-state index < -0.39 is 17.6 Å². The average Bonchev–Trinajstić information content (AvgIpc) is 3.33. The van der Waals surface area contributed by atoms with E-state index >= 15 is 0 Å². The summed E-state index contributed by atoms with van der Waals surface area (Å²) < 4.78 is 40.7. The van der Waals surface area contributed by atoms with Crippen LogP contribution in [-0.4, -0.2) is 10.5 Å². The van der Waals surface area contributed by atoms with E-state index in [2.05, 4.69) is 18.8 Å². The molecule has 1 heterocycles. The smallest absolute Gasteiger partial charge is 0.320 e. The Hall–Kier alpha value is -1.89. The van der Waals surface area contributed by atoms with Gasteiger partial charge in [0.25, 0.3) is 5.91 Å². The Morgan fingerprint density at radius 1 is 1.35 bits per heavy atom. The highest BCUT2D eigenvalue weighted by atomic mass is 32.1. The van der Waals surface area contributed by atoms with E-state index in [9.17, 15) is 18.0 Å². The Morgan fingerprint density at radius 2 is 2.04 bits per heavy atom. The Bertz CT molecular complexity index is 889. The van der Waals surface area contributed by atoms with Gasteiger partial charge in [-0.25, -0.2) is 0 Å². The van der Waals surface area contributed by atoms with Gasteiger partial charge in [0.15, 0.2) is 4.80 Å². The number of halogens is 3. The van der Waals surface area contributed by atoms with Crippen molar-refractivity contribution in [3.63, 3.8) is 0 Å². The fourth-order valence-electron chi connectivity index (χ4n) is 2.88. The van der Waals surface area contributed by atoms with Gasteiger partial charge in [0.1, 0.15) is 0 Å². The monoisotopic (exact) mass is 382 g/mol. The number of nitrogens with zero attached hydrogens (tertiary/aromatic N) is 2. The van der Waals surface area contributed by atoms with Crippen LogP contribution in [0.3, 0.4) is 0 Å². The molecule has 0 bridgehead atoms. The molecule has 1 fully saturated rings. The Kier molecular flexibility index (Phi) is 5.10. The van der Waals surface area contributed by atoms with E-state index in [0.717, 1.165) is 29.2 Å². The number of rotatable bonds is 4. The number of thiazole rings is 1. The standard InChI is InChI=1S/C19H21F3N2OS/c1-11(2)16-12(3)24(10-13-7-8-13)18(26-16)23-17(25)14-5-4-6-15(9-14)19(20,21)22/h4-6,9,11,13H,7-8,10H2,1-3H3/b23-18-. The van der Waals surface area contributed by atoms with Gasteiger partial charge in [0, 0.05) is 22.7 Å². The summed E-state index contributed by atoms with van der Waals surface area (Å²) in [5.74, 6) is 0.265. The van der Waals surface area contributed by atoms with Crippen LogP contribution < -0.4 is 4.80 Å². The predicted molar refractivity (Wildman–Crippen MR) is 95.2 cm³/mol. The maximum Gasteiger partial charge on any atom is 0.416 e. The van der Waals surface area contributed by atoms with Crippen LogP contribution >= 0.6 is 11.3 Å². The van der Waals surface area contributed by atoms with Crippen molar-refractivity contribution in [1.29, 1.82) is 0 Å². The third kappa shape index (κ3) is 4.09. The molecular formula is C19H21F3N2OS. The molecule has 1 saturated carbocycles. The predicted octanol–water partition coefficient (Wildman–Crippen LogP) is 5.15. The molecule has 1 aromatic heterocycles. The highest BCUT2D eigenvalue weighted by Gasteiger charge is 2.31. The number of benzene rings is 1. The van der Waals surface area contributed by atoms with Gasteiger partial charge in [-0.1, -0.05) is 19.9 Å². The van der Waals surface area contributed by atoms with Crippen LogP contribution in [0.2, 0.25) is 0 Å². The number of alkyl halides is 3. The first-order valence-corrected chi connectivity index (χ1v) is 9.45. The largest absolute Gasteiger partial charge is 0.416 e. The molecule has 0 aliphatic heterocycles. The first kappa shape index (κ1) is 18.9. The normalized spacial score (nSPS) is 15.7. The van der Waals surface area contributed by atoms with Crippen molar-refractivity contribution in [1.82, 2.24) is 4.57 Å². The molecule has 1 amide bonds. The molecule has 1 aromatic carbocycles. The lowest BCUT2D eigenvalue weighted by atomic mass is 10.1. The van der Waals surface area contributed by atoms with Gasteiger partial charge in [-0.2, -0.15) is 18.2 Å². The van der Waals surface area contributed by atoms with Crippen molar-refractivity contribution in [2.45, 2.75) is 52.3 Å². The fraction of sp³-hybridized carbons (Fsp3) is 0.474. The van der Waals surface area contributed by atoms with E-state index in [1.807, 2.05) is 11.5 Å². The van der Waals surface area contributed by atoms with Crippen LogP contribution in [0.5, 0.6) is 0 Å². The average molecular weight is 382 g/mol. The molecule has 3 nitrogen and oxygen atoms in total. The summed E-state index contributed by atoms with van der Waals surface area (Å²) in [5.41, 5.74) is 0.206. The van der Waals surface area contributed by atoms with Crippen LogP contribution in [0.15, 0.2) is 29.3 Å². The minimum absolute atomic E-state index is 0.0463. The zero-order valence-corrected chi connectivity index (χ0v) is 15.7. The summed E-state index contributed by atoms with van der Waals surface area (Å²) in [6.45, 7) is 6.99. The zero-order valence-electron chi connectivity index (χ0n) is 14.9. The summed E-state index contributed by atoms with van der Waals surface area (Å²) in [6.07, 6.45) is -2.15. The van der Waals surface area contributed by atoms with Crippen molar-refractivity contribution in [2.24, 2.45) is 10.9 Å². The van der Waals surface area contributed by atoms with Gasteiger partial charge in [-0.3, -0.25) is 4.79 Å². The van der Waals surface area contributed by atoms with Crippen molar-refractivity contribution < 1.29 is 18.0 Å². The van der Waals surface area contributed by atoms with E-state index in [0.29, 0.717) is 16.6 Å². The van der Waals surface area contributed by atoms with E-state index in [1.165, 1.54) is 36.3 Å². The lowest BCUT2D eigenvalue weighted by molar-refractivity contribution is -0.137. The van der Waals surface area contributed by atoms with Gasteiger partial charge in [-0.15, -0.1) is 11.3 Å². The number of carbonyl (C=O) groups is 1. The van der Waals surface area contributed by atoms with Gasteiger partial charge in [0.05, 0.1) is 5.56 Å². The fourth-order valence-corrected chi connectivity index (χ4v) is 4.02. The second kappa shape index (κ2) is 7.02. The van der Waals surface area contributed by atoms with Crippen molar-refractivity contribution in [2.75, 3.05) is 0 Å². The summed E-state index contributed by atoms with van der Waals surface area (Å²) in [5, 5.41) is 0. The maximum atomic E-state index is 12.9. The minimum atomic E-state index is -4.48. The summed E-state index contributed by atoms with van der Waals surface area (Å²) in [7, 11) is 0. The first-order chi connectivity index (χ1) is 12.2. The van der Waals surface area contributed by atoms with E-state index in [4.69, 9.17) is 0 Å². The molecule has 1 aliphatic rings. The van der Waals surface area contributed by atoms with Crippen LogP contribution in [0.4, 0.5) is 13.2 Å². The second-order valence-electron chi connectivity index (χ2n) is 7.04. The summed E-state index contributed by atoms with van der Waals surface area (Å²) >= 11 is 1.45. The van der Waals surface area contributed by atoms with E-state index in [1.54, 1.807) is 0 Å². The molecule has 0 saturated heterocycles. The third-order valence-corrected chi connectivity index (χ3v) is 5.97. The molecule has 0 N–H and O–H groups in total. The number of amides is 1. The second-order valence-corrected chi connectivity index (χ2v) is 8.05. The Morgan fingerprint density at radius 3 is 2.62 bits per heavy atom. The Balaban J connectivity index is 2.01. The van der Waals surface area contributed by atoms with Crippen molar-refractivity contribution in [3.8, 4) is 0 Å². The summed E-state index contributed by atoms with van der Waals surface area (Å²) in [6, 6.07) is 4.43. The van der Waals surface area contributed by atoms with Crippen LogP contribution in [0, 0.1) is 12.8 Å². The SMILES string of the molecule is Cc1c(C(C)C)s/c(=N\C(=O)c2cccc(C(F)(F)F)c2)n1CC1CC1. The van der Waals surface area contributed by atoms with Gasteiger partial charge < -0.3 is 4.57 Å². The number of aromatic nitrogens is 1. The molecule has 140 valence electrons.